The minimum Gasteiger partial charge on any atom is -0.478 e. The Kier molecular flexibility index (Phi) is 8.14. The number of piperidine rings is 1. The Balaban J connectivity index is 1.28. The van der Waals surface area contributed by atoms with Gasteiger partial charge in [-0.1, -0.05) is 43.0 Å². The zero-order valence-electron chi connectivity index (χ0n) is 23.9. The van der Waals surface area contributed by atoms with E-state index in [4.69, 9.17) is 11.6 Å². The normalized spacial score (nSPS) is 20.0. The number of sulfone groups is 1. The molecule has 15 heteroatoms. The van der Waals surface area contributed by atoms with Crippen molar-refractivity contribution in [3.05, 3.63) is 82.1 Å². The lowest BCUT2D eigenvalue weighted by Gasteiger charge is -2.43. The molecule has 6 rings (SSSR count). The van der Waals surface area contributed by atoms with E-state index in [0.29, 0.717) is 24.0 Å². The SMILES string of the molecule is O=C(O)c1cccc(S(=O)(=O)N2CCC(NS(=O)(=O)c3cc4c(cc3Cl)C3(CCCCC3)c3ccc(F)cc3S4(=O)=O)CC2)c1. The van der Waals surface area contributed by atoms with E-state index in [1.165, 1.54) is 36.4 Å². The summed E-state index contributed by atoms with van der Waals surface area (Å²) in [6.45, 7) is -0.0754. The van der Waals surface area contributed by atoms with Gasteiger partial charge in [0.2, 0.25) is 29.9 Å². The van der Waals surface area contributed by atoms with Crippen LogP contribution in [0.25, 0.3) is 0 Å². The second-order valence-corrected chi connectivity index (χ2v) is 17.6. The van der Waals surface area contributed by atoms with Crippen LogP contribution in [0.4, 0.5) is 4.39 Å². The Hall–Kier alpha value is -2.88. The first-order chi connectivity index (χ1) is 21.2. The van der Waals surface area contributed by atoms with Gasteiger partial charge in [-0.3, -0.25) is 0 Å². The van der Waals surface area contributed by atoms with Gasteiger partial charge in [-0.15, -0.1) is 0 Å². The summed E-state index contributed by atoms with van der Waals surface area (Å²) in [7, 11) is -12.7. The van der Waals surface area contributed by atoms with E-state index < -0.39 is 58.0 Å². The molecular formula is C30H30ClFN2O8S3. The number of benzene rings is 3. The average Bonchev–Trinajstić information content (AvgIpc) is 3.00. The Morgan fingerprint density at radius 2 is 1.60 bits per heavy atom. The predicted molar refractivity (Wildman–Crippen MR) is 163 cm³/mol. The average molecular weight is 697 g/mol. The summed E-state index contributed by atoms with van der Waals surface area (Å²) < 4.78 is 99.4. The van der Waals surface area contributed by atoms with Gasteiger partial charge in [0, 0.05) is 24.5 Å². The molecule has 0 bridgehead atoms. The van der Waals surface area contributed by atoms with E-state index >= 15 is 0 Å². The molecule has 0 atom stereocenters. The Bertz CT molecular complexity index is 2040. The quantitative estimate of drug-likeness (QED) is 0.376. The first-order valence-electron chi connectivity index (χ1n) is 14.4. The number of sulfonamides is 2. The Morgan fingerprint density at radius 3 is 2.27 bits per heavy atom. The number of nitrogens with one attached hydrogen (secondary N) is 1. The van der Waals surface area contributed by atoms with Crippen molar-refractivity contribution in [1.82, 2.24) is 9.03 Å². The lowest BCUT2D eigenvalue weighted by Crippen LogP contribution is -2.46. The standard InChI is InChI=1S/C30H30ClFN2O8S3/c31-25-17-24-27(43(37,38)26-16-20(32)7-8-23(26)30(24)11-2-1-3-12-30)18-28(25)44(39,40)33-21-9-13-34(14-10-21)45(41,42)22-6-4-5-19(15-22)29(35)36/h4-8,15-18,21,33H,1-3,9-14H2,(H,35,36). The van der Waals surface area contributed by atoms with Gasteiger partial charge < -0.3 is 5.11 Å². The van der Waals surface area contributed by atoms with Crippen molar-refractivity contribution < 1.29 is 39.5 Å². The van der Waals surface area contributed by atoms with Crippen LogP contribution in [0.5, 0.6) is 0 Å². The number of aromatic carboxylic acids is 1. The molecule has 0 aromatic heterocycles. The summed E-state index contributed by atoms with van der Waals surface area (Å²) in [6, 6.07) is 10.5. The molecule has 240 valence electrons. The van der Waals surface area contributed by atoms with Crippen LogP contribution in [0.3, 0.4) is 0 Å². The highest BCUT2D eigenvalue weighted by molar-refractivity contribution is 7.92. The summed E-state index contributed by atoms with van der Waals surface area (Å²) in [6.07, 6.45) is 4.01. The van der Waals surface area contributed by atoms with E-state index in [0.717, 1.165) is 41.8 Å². The fourth-order valence-corrected chi connectivity index (χ4v) is 12.2. The van der Waals surface area contributed by atoms with Crippen LogP contribution in [0.1, 0.15) is 66.4 Å². The van der Waals surface area contributed by atoms with Crippen LogP contribution < -0.4 is 4.72 Å². The maximum atomic E-state index is 14.4. The highest BCUT2D eigenvalue weighted by atomic mass is 35.5. The van der Waals surface area contributed by atoms with Gasteiger partial charge >= 0.3 is 5.97 Å². The van der Waals surface area contributed by atoms with Crippen LogP contribution in [-0.4, -0.2) is 59.8 Å². The van der Waals surface area contributed by atoms with E-state index in [2.05, 4.69) is 4.72 Å². The van der Waals surface area contributed by atoms with Crippen LogP contribution >= 0.6 is 11.6 Å². The topological polar surface area (TPSA) is 155 Å². The molecule has 0 unspecified atom stereocenters. The number of fused-ring (bicyclic) bond motifs is 4. The molecule has 2 heterocycles. The fourth-order valence-electron chi connectivity index (χ4n) is 6.84. The van der Waals surface area contributed by atoms with Crippen LogP contribution in [0.15, 0.2) is 74.2 Å². The molecule has 1 saturated carbocycles. The molecule has 10 nitrogen and oxygen atoms in total. The molecule has 2 fully saturated rings. The second kappa shape index (κ2) is 11.4. The third kappa shape index (κ3) is 5.48. The minimum absolute atomic E-state index is 0.0377. The summed E-state index contributed by atoms with van der Waals surface area (Å²) >= 11 is 6.59. The molecule has 2 N–H and O–H groups in total. The van der Waals surface area contributed by atoms with Crippen LogP contribution in [0, 0.1) is 5.82 Å². The molecule has 2 aliphatic heterocycles. The summed E-state index contributed by atoms with van der Waals surface area (Å²) in [5.41, 5.74) is -0.0115. The fraction of sp³-hybridized carbons (Fsp3) is 0.367. The van der Waals surface area contributed by atoms with Crippen molar-refractivity contribution >= 4 is 47.5 Å². The number of nitrogens with zero attached hydrogens (tertiary/aromatic N) is 1. The highest BCUT2D eigenvalue weighted by Gasteiger charge is 2.48. The Labute approximate surface area is 266 Å². The number of hydrogen-bond donors (Lipinski definition) is 2. The van der Waals surface area contributed by atoms with Gasteiger partial charge in [-0.05, 0) is 79.3 Å². The highest BCUT2D eigenvalue weighted by Crippen LogP contribution is 2.54. The van der Waals surface area contributed by atoms with Crippen molar-refractivity contribution in [3.8, 4) is 0 Å². The van der Waals surface area contributed by atoms with E-state index in [1.54, 1.807) is 0 Å². The first kappa shape index (κ1) is 32.1. The van der Waals surface area contributed by atoms with Gasteiger partial charge in [0.1, 0.15) is 10.7 Å². The zero-order valence-corrected chi connectivity index (χ0v) is 27.1. The van der Waals surface area contributed by atoms with E-state index in [9.17, 15) is 39.5 Å². The first-order valence-corrected chi connectivity index (χ1v) is 19.2. The molecule has 1 aliphatic carbocycles. The van der Waals surface area contributed by atoms with Crippen LogP contribution in [-0.2, 0) is 35.3 Å². The van der Waals surface area contributed by atoms with E-state index in [1.807, 2.05) is 0 Å². The van der Waals surface area contributed by atoms with Crippen LogP contribution in [0.2, 0.25) is 5.02 Å². The third-order valence-electron chi connectivity index (χ3n) is 9.08. The molecule has 1 spiro atoms. The third-order valence-corrected chi connectivity index (χ3v) is 14.8. The second-order valence-electron chi connectivity index (χ2n) is 11.7. The molecular weight excluding hydrogens is 667 g/mol. The summed E-state index contributed by atoms with van der Waals surface area (Å²) in [5.74, 6) is -1.97. The number of hydrogen-bond acceptors (Lipinski definition) is 7. The molecule has 0 amide bonds. The number of halogens is 2. The monoisotopic (exact) mass is 696 g/mol. The zero-order chi connectivity index (χ0) is 32.4. The van der Waals surface area contributed by atoms with Gasteiger partial charge in [0.25, 0.3) is 0 Å². The van der Waals surface area contributed by atoms with Crippen molar-refractivity contribution in [1.29, 1.82) is 0 Å². The van der Waals surface area contributed by atoms with Gasteiger partial charge in [-0.2, -0.15) is 4.31 Å². The summed E-state index contributed by atoms with van der Waals surface area (Å²) in [5, 5.41) is 9.08. The largest absolute Gasteiger partial charge is 0.478 e. The van der Waals surface area contributed by atoms with Crippen molar-refractivity contribution in [2.75, 3.05) is 13.1 Å². The maximum Gasteiger partial charge on any atom is 0.335 e. The van der Waals surface area contributed by atoms with Crippen molar-refractivity contribution in [2.45, 2.75) is 76.0 Å². The number of carboxylic acids is 1. The van der Waals surface area contributed by atoms with Gasteiger partial charge in [0.05, 0.1) is 25.3 Å². The smallest absolute Gasteiger partial charge is 0.335 e. The predicted octanol–water partition coefficient (Wildman–Crippen LogP) is 4.71. The lowest BCUT2D eigenvalue weighted by molar-refractivity contribution is 0.0696. The number of rotatable bonds is 6. The molecule has 3 aromatic carbocycles. The Morgan fingerprint density at radius 1 is 0.933 bits per heavy atom. The number of carboxylic acid groups (broad SMARTS) is 1. The lowest BCUT2D eigenvalue weighted by atomic mass is 9.65. The maximum absolute atomic E-state index is 14.4. The molecule has 1 saturated heterocycles. The minimum atomic E-state index is -4.38. The van der Waals surface area contributed by atoms with Gasteiger partial charge in [-0.25, -0.2) is 39.2 Å². The van der Waals surface area contributed by atoms with Gasteiger partial charge in [0.15, 0.2) is 0 Å². The number of carbonyl (C=O) groups is 1. The molecule has 0 radical (unpaired) electrons. The van der Waals surface area contributed by atoms with Crippen molar-refractivity contribution in [2.24, 2.45) is 0 Å². The van der Waals surface area contributed by atoms with E-state index in [-0.39, 0.29) is 51.2 Å². The summed E-state index contributed by atoms with van der Waals surface area (Å²) in [4.78, 5) is 10.3. The molecule has 3 aromatic rings. The molecule has 3 aliphatic rings. The van der Waals surface area contributed by atoms with Crippen molar-refractivity contribution in [3.63, 3.8) is 0 Å². The molecule has 45 heavy (non-hydrogen) atoms.